The van der Waals surface area contributed by atoms with Gasteiger partial charge in [-0.3, -0.25) is 0 Å². The molecule has 1 N–H and O–H groups in total. The van der Waals surface area contributed by atoms with Crippen LogP contribution in [0.2, 0.25) is 5.02 Å². The Bertz CT molecular complexity index is 999. The predicted molar refractivity (Wildman–Crippen MR) is 105 cm³/mol. The van der Waals surface area contributed by atoms with Crippen LogP contribution in [-0.4, -0.2) is 36.4 Å². The molecule has 0 aromatic heterocycles. The van der Waals surface area contributed by atoms with Gasteiger partial charge < -0.3 is 15.0 Å². The highest BCUT2D eigenvalue weighted by Crippen LogP contribution is 2.53. The lowest BCUT2D eigenvalue weighted by atomic mass is 9.54. The maximum atomic E-state index is 12.3. The van der Waals surface area contributed by atoms with E-state index in [4.69, 9.17) is 21.7 Å². The van der Waals surface area contributed by atoms with Gasteiger partial charge in [0.15, 0.2) is 5.41 Å². The maximum absolute atomic E-state index is 12.3. The first-order valence-electron chi connectivity index (χ1n) is 9.11. The van der Waals surface area contributed by atoms with Crippen LogP contribution in [0.4, 0.5) is 4.79 Å². The molecule has 0 saturated heterocycles. The van der Waals surface area contributed by atoms with Crippen molar-refractivity contribution < 1.29 is 9.53 Å². The van der Waals surface area contributed by atoms with E-state index in [0.717, 1.165) is 0 Å². The summed E-state index contributed by atoms with van der Waals surface area (Å²) in [5.41, 5.74) is -0.806. The van der Waals surface area contributed by atoms with Gasteiger partial charge >= 0.3 is 6.09 Å². The number of benzene rings is 1. The van der Waals surface area contributed by atoms with E-state index in [-0.39, 0.29) is 25.4 Å². The molecule has 3 rings (SSSR count). The molecule has 7 nitrogen and oxygen atoms in total. The fraction of sp³-hybridized carbons (Fsp3) is 0.381. The fourth-order valence-corrected chi connectivity index (χ4v) is 4.45. The molecule has 2 aliphatic rings. The summed E-state index contributed by atoms with van der Waals surface area (Å²) in [5.74, 6) is -2.24. The second kappa shape index (κ2) is 7.95. The van der Waals surface area contributed by atoms with Gasteiger partial charge in [0, 0.05) is 29.9 Å². The largest absolute Gasteiger partial charge is 0.450 e. The first-order chi connectivity index (χ1) is 13.9. The Labute approximate surface area is 173 Å². The summed E-state index contributed by atoms with van der Waals surface area (Å²) < 4.78 is 5.10. The number of rotatable bonds is 2. The van der Waals surface area contributed by atoms with E-state index in [0.29, 0.717) is 16.2 Å². The van der Waals surface area contributed by atoms with Crippen LogP contribution in [0, 0.1) is 56.7 Å². The lowest BCUT2D eigenvalue weighted by Gasteiger charge is -2.47. The summed E-state index contributed by atoms with van der Waals surface area (Å²) in [7, 11) is 0. The molecule has 1 unspecified atom stereocenters. The van der Waals surface area contributed by atoms with Gasteiger partial charge in [-0.1, -0.05) is 29.8 Å². The van der Waals surface area contributed by atoms with Crippen LogP contribution in [0.3, 0.4) is 0 Å². The van der Waals surface area contributed by atoms with Crippen LogP contribution in [0.15, 0.2) is 35.9 Å². The van der Waals surface area contributed by atoms with E-state index in [1.165, 1.54) is 4.90 Å². The number of nitrogens with one attached hydrogen (secondary N) is 1. The van der Waals surface area contributed by atoms with Crippen molar-refractivity contribution in [1.29, 1.82) is 21.2 Å². The van der Waals surface area contributed by atoms with Gasteiger partial charge in [-0.25, -0.2) is 4.79 Å². The first kappa shape index (κ1) is 20.4. The van der Waals surface area contributed by atoms with E-state index in [1.54, 1.807) is 37.3 Å². The van der Waals surface area contributed by atoms with Crippen molar-refractivity contribution in [2.75, 3.05) is 19.7 Å². The zero-order valence-corrected chi connectivity index (χ0v) is 16.5. The van der Waals surface area contributed by atoms with Crippen LogP contribution < -0.4 is 0 Å². The number of nitrogens with zero attached hydrogens (tertiary/aromatic N) is 4. The third-order valence-corrected chi connectivity index (χ3v) is 5.76. The van der Waals surface area contributed by atoms with Crippen molar-refractivity contribution >= 4 is 23.4 Å². The molecule has 1 saturated carbocycles. The Morgan fingerprint density at radius 1 is 1.38 bits per heavy atom. The number of fused-ring (bicyclic) bond motifs is 1. The summed E-state index contributed by atoms with van der Waals surface area (Å²) >= 11 is 6.16. The van der Waals surface area contributed by atoms with Crippen molar-refractivity contribution in [3.05, 3.63) is 46.5 Å². The fourth-order valence-electron chi connectivity index (χ4n) is 4.25. The Morgan fingerprint density at radius 3 is 2.69 bits per heavy atom. The van der Waals surface area contributed by atoms with Gasteiger partial charge in [0.1, 0.15) is 5.92 Å². The molecule has 1 fully saturated rings. The van der Waals surface area contributed by atoms with Gasteiger partial charge in [0.2, 0.25) is 0 Å². The molecule has 0 spiro atoms. The summed E-state index contributed by atoms with van der Waals surface area (Å²) in [6, 6.07) is 12.9. The van der Waals surface area contributed by atoms with E-state index < -0.39 is 29.3 Å². The molecule has 8 heteroatoms. The van der Waals surface area contributed by atoms with Gasteiger partial charge in [-0.15, -0.1) is 0 Å². The molecule has 1 aliphatic carbocycles. The molecule has 146 valence electrons. The first-order valence-corrected chi connectivity index (χ1v) is 9.49. The zero-order chi connectivity index (χ0) is 21.2. The zero-order valence-electron chi connectivity index (χ0n) is 15.7. The van der Waals surface area contributed by atoms with Gasteiger partial charge in [-0.2, -0.15) is 15.8 Å². The van der Waals surface area contributed by atoms with E-state index in [1.807, 2.05) is 12.1 Å². The number of amides is 1. The number of carbonyl (C=O) groups is 1. The Hall–Kier alpha value is -3.34. The molecule has 0 radical (unpaired) electrons. The summed E-state index contributed by atoms with van der Waals surface area (Å²) in [6.07, 6.45) is 1.24. The number of hydrogen-bond acceptors (Lipinski definition) is 6. The molecule has 1 aliphatic heterocycles. The number of nitriles is 3. The lowest BCUT2D eigenvalue weighted by molar-refractivity contribution is 0.0992. The van der Waals surface area contributed by atoms with E-state index in [2.05, 4.69) is 6.07 Å². The average Bonchev–Trinajstić information content (AvgIpc) is 2.73. The van der Waals surface area contributed by atoms with Crippen LogP contribution in [-0.2, 0) is 4.74 Å². The average molecular weight is 408 g/mol. The van der Waals surface area contributed by atoms with Crippen LogP contribution in [0.5, 0.6) is 0 Å². The van der Waals surface area contributed by atoms with Crippen molar-refractivity contribution in [3.8, 4) is 18.2 Å². The quantitative estimate of drug-likeness (QED) is 0.749. The number of carbonyl (C=O) groups excluding carboxylic acids is 1. The Balaban J connectivity index is 2.20. The Morgan fingerprint density at radius 2 is 2.10 bits per heavy atom. The molecule has 1 aromatic rings. The second-order valence-corrected chi connectivity index (χ2v) is 7.39. The smallest absolute Gasteiger partial charge is 0.410 e. The summed E-state index contributed by atoms with van der Waals surface area (Å²) in [6.45, 7) is 2.35. The highest BCUT2D eigenvalue weighted by Gasteiger charge is 2.58. The Kier molecular flexibility index (Phi) is 5.59. The minimum absolute atomic E-state index is 0.179. The van der Waals surface area contributed by atoms with Gasteiger partial charge in [-0.05, 0) is 30.2 Å². The molecule has 0 bridgehead atoms. The van der Waals surface area contributed by atoms with Crippen LogP contribution in [0.1, 0.15) is 18.4 Å². The molecule has 1 aromatic carbocycles. The third-order valence-electron chi connectivity index (χ3n) is 5.52. The lowest BCUT2D eigenvalue weighted by Crippen LogP contribution is -2.53. The standard InChI is InChI=1S/C21H18ClN5O2/c1-2-29-20(28)27-7-6-15-16(9-23)19(26)21(11-24,12-25)18(17(15)10-27)13-4-3-5-14(22)8-13/h3-6,8,16-18,26H,2,7,10H2,1H3/t16?,17-,18+/m1/s1. The number of hydrogen-bond donors (Lipinski definition) is 1. The van der Waals surface area contributed by atoms with Crippen molar-refractivity contribution in [1.82, 2.24) is 4.90 Å². The van der Waals surface area contributed by atoms with Crippen LogP contribution >= 0.6 is 11.6 Å². The monoisotopic (exact) mass is 407 g/mol. The third kappa shape index (κ3) is 3.23. The van der Waals surface area contributed by atoms with Crippen molar-refractivity contribution in [3.63, 3.8) is 0 Å². The topological polar surface area (TPSA) is 125 Å². The highest BCUT2D eigenvalue weighted by molar-refractivity contribution is 6.30. The van der Waals surface area contributed by atoms with Gasteiger partial charge in [0.25, 0.3) is 0 Å². The highest BCUT2D eigenvalue weighted by atomic mass is 35.5. The summed E-state index contributed by atoms with van der Waals surface area (Å²) in [5, 5.41) is 38.7. The van der Waals surface area contributed by atoms with E-state index >= 15 is 0 Å². The molecular formula is C21H18ClN5O2. The number of halogens is 1. The summed E-state index contributed by atoms with van der Waals surface area (Å²) in [4.78, 5) is 13.8. The number of ether oxygens (including phenoxy) is 1. The van der Waals surface area contributed by atoms with Crippen molar-refractivity contribution in [2.24, 2.45) is 17.3 Å². The minimum Gasteiger partial charge on any atom is -0.450 e. The van der Waals surface area contributed by atoms with Gasteiger partial charge in [0.05, 0.1) is 30.5 Å². The van der Waals surface area contributed by atoms with Crippen molar-refractivity contribution in [2.45, 2.75) is 12.8 Å². The van der Waals surface area contributed by atoms with E-state index in [9.17, 15) is 20.6 Å². The SMILES string of the molecule is CCOC(=O)N1CC=C2C(C#N)C(=N)C(C#N)(C#N)[C@@H](c3cccc(Cl)c3)[C@@H]2C1. The molecule has 1 amide bonds. The normalized spacial score (nSPS) is 24.9. The molecule has 29 heavy (non-hydrogen) atoms. The predicted octanol–water partition coefficient (Wildman–Crippen LogP) is 3.65. The maximum Gasteiger partial charge on any atom is 0.410 e. The minimum atomic E-state index is -1.84. The van der Waals surface area contributed by atoms with Crippen LogP contribution in [0.25, 0.3) is 0 Å². The molecule has 1 heterocycles. The second-order valence-electron chi connectivity index (χ2n) is 6.95. The molecule has 3 atom stereocenters. The molecular weight excluding hydrogens is 390 g/mol.